The van der Waals surface area contributed by atoms with Crippen molar-refractivity contribution in [3.63, 3.8) is 0 Å². The first-order valence-electron chi connectivity index (χ1n) is 5.92. The average molecular weight is 343 g/mol. The molecule has 16 heavy (non-hydrogen) atoms. The van der Waals surface area contributed by atoms with Crippen LogP contribution in [0.15, 0.2) is 0 Å². The molecule has 0 spiro atoms. The van der Waals surface area contributed by atoms with Crippen molar-refractivity contribution < 1.29 is 38.0 Å². The summed E-state index contributed by atoms with van der Waals surface area (Å²) in [5.74, 6) is -0.0372. The molecule has 0 unspecified atom stereocenters. The molecule has 0 aliphatic heterocycles. The van der Waals surface area contributed by atoms with E-state index in [4.69, 9.17) is 4.74 Å². The number of ether oxygens (including phenoxy) is 1. The molecule has 0 radical (unpaired) electrons. The molecule has 0 bridgehead atoms. The van der Waals surface area contributed by atoms with Crippen LogP contribution in [0.5, 0.6) is 0 Å². The van der Waals surface area contributed by atoms with E-state index in [1.807, 2.05) is 0 Å². The first-order chi connectivity index (χ1) is 6.95. The monoisotopic (exact) mass is 343 g/mol. The Morgan fingerprint density at radius 2 is 1.75 bits per heavy atom. The van der Waals surface area contributed by atoms with Gasteiger partial charge in [0.25, 0.3) is 0 Å². The lowest BCUT2D eigenvalue weighted by molar-refractivity contribution is -0.870. The molecule has 0 N–H and O–H groups in total. The molecule has 98 valence electrons. The molecule has 0 saturated heterocycles. The van der Waals surface area contributed by atoms with E-state index in [1.165, 1.54) is 0 Å². The van der Waals surface area contributed by atoms with Crippen molar-refractivity contribution in [2.75, 3.05) is 34.3 Å². The van der Waals surface area contributed by atoms with Gasteiger partial charge in [0.05, 0.1) is 34.3 Å². The number of hydrogen-bond donors (Lipinski definition) is 0. The molecule has 0 amide bonds. The zero-order valence-electron chi connectivity index (χ0n) is 11.1. The molecule has 4 heteroatoms. The number of quaternary nitrogens is 1. The number of rotatable bonds is 8. The Labute approximate surface area is 117 Å². The summed E-state index contributed by atoms with van der Waals surface area (Å²) >= 11 is 0. The number of carbonyl (C=O) groups excluding carboxylic acids is 1. The molecule has 0 saturated carbocycles. The predicted octanol–water partition coefficient (Wildman–Crippen LogP) is -0.790. The lowest BCUT2D eigenvalue weighted by Gasteiger charge is -2.23. The van der Waals surface area contributed by atoms with Crippen molar-refractivity contribution in [2.45, 2.75) is 39.0 Å². The van der Waals surface area contributed by atoms with Crippen molar-refractivity contribution in [3.8, 4) is 0 Å². The van der Waals surface area contributed by atoms with Gasteiger partial charge in [0.1, 0.15) is 0 Å². The maximum atomic E-state index is 11.2. The topological polar surface area (TPSA) is 26.3 Å². The van der Waals surface area contributed by atoms with Gasteiger partial charge in [-0.15, -0.1) is 0 Å². The lowest BCUT2D eigenvalue weighted by atomic mass is 10.2. The molecule has 0 aromatic carbocycles. The van der Waals surface area contributed by atoms with E-state index in [0.717, 1.165) is 36.7 Å². The minimum absolute atomic E-state index is 0. The number of halogens is 1. The molecular weight excluding hydrogens is 317 g/mol. The van der Waals surface area contributed by atoms with Gasteiger partial charge in [-0.1, -0.05) is 19.8 Å². The van der Waals surface area contributed by atoms with E-state index in [-0.39, 0.29) is 29.9 Å². The van der Waals surface area contributed by atoms with E-state index < -0.39 is 0 Å². The fourth-order valence-corrected chi connectivity index (χ4v) is 1.32. The summed E-state index contributed by atoms with van der Waals surface area (Å²) in [4.78, 5) is 11.2. The van der Waals surface area contributed by atoms with Gasteiger partial charge in [0.2, 0.25) is 0 Å². The maximum Gasteiger partial charge on any atom is 0.305 e. The lowest BCUT2D eigenvalue weighted by Crippen LogP contribution is -3.00. The number of esters is 1. The van der Waals surface area contributed by atoms with E-state index in [2.05, 4.69) is 28.1 Å². The third-order valence-corrected chi connectivity index (χ3v) is 2.22. The Morgan fingerprint density at radius 3 is 2.25 bits per heavy atom. The van der Waals surface area contributed by atoms with Gasteiger partial charge in [-0.05, 0) is 6.42 Å². The minimum atomic E-state index is -0.0372. The second-order valence-corrected chi connectivity index (χ2v) is 5.05. The molecule has 3 nitrogen and oxygen atoms in total. The quantitative estimate of drug-likeness (QED) is 0.250. The van der Waals surface area contributed by atoms with Gasteiger partial charge in [-0.3, -0.25) is 4.79 Å². The van der Waals surface area contributed by atoms with Crippen LogP contribution in [-0.2, 0) is 9.53 Å². The smallest absolute Gasteiger partial charge is 0.305 e. The summed E-state index contributed by atoms with van der Waals surface area (Å²) < 4.78 is 6.06. The largest absolute Gasteiger partial charge is 1.00 e. The number of hydrogen-bond acceptors (Lipinski definition) is 2. The van der Waals surface area contributed by atoms with Crippen molar-refractivity contribution in [1.29, 1.82) is 0 Å². The third kappa shape index (κ3) is 14.2. The third-order valence-electron chi connectivity index (χ3n) is 2.22. The van der Waals surface area contributed by atoms with Gasteiger partial charge in [0.15, 0.2) is 0 Å². The minimum Gasteiger partial charge on any atom is -1.00 e. The first kappa shape index (κ1) is 18.5. The normalized spacial score (nSPS) is 10.8. The molecule has 0 fully saturated rings. The van der Waals surface area contributed by atoms with Crippen molar-refractivity contribution in [3.05, 3.63) is 0 Å². The van der Waals surface area contributed by atoms with Crippen LogP contribution in [0.2, 0.25) is 0 Å². The van der Waals surface area contributed by atoms with Gasteiger partial charge < -0.3 is 33.2 Å². The van der Waals surface area contributed by atoms with Crippen LogP contribution in [0.1, 0.15) is 39.0 Å². The summed E-state index contributed by atoms with van der Waals surface area (Å²) in [7, 11) is 6.43. The van der Waals surface area contributed by atoms with E-state index in [1.54, 1.807) is 0 Å². The van der Waals surface area contributed by atoms with Crippen LogP contribution in [0.25, 0.3) is 0 Å². The Balaban J connectivity index is 0. The van der Waals surface area contributed by atoms with Crippen molar-refractivity contribution in [1.82, 2.24) is 0 Å². The fourth-order valence-electron chi connectivity index (χ4n) is 1.32. The summed E-state index contributed by atoms with van der Waals surface area (Å²) in [6.45, 7) is 3.75. The van der Waals surface area contributed by atoms with Gasteiger partial charge in [0, 0.05) is 12.8 Å². The number of unbranched alkanes of at least 4 members (excludes halogenated alkanes) is 2. The van der Waals surface area contributed by atoms with Gasteiger partial charge >= 0.3 is 5.97 Å². The van der Waals surface area contributed by atoms with Crippen LogP contribution in [-0.4, -0.2) is 44.7 Å². The SMILES string of the molecule is CCCCCC(=O)OCCC[N+](C)(C)C.[I-]. The molecule has 0 atom stereocenters. The van der Waals surface area contributed by atoms with Crippen LogP contribution >= 0.6 is 0 Å². The van der Waals surface area contributed by atoms with Crippen LogP contribution < -0.4 is 24.0 Å². The van der Waals surface area contributed by atoms with Crippen molar-refractivity contribution in [2.24, 2.45) is 0 Å². The molecule has 0 aliphatic rings. The second-order valence-electron chi connectivity index (χ2n) is 5.05. The predicted molar refractivity (Wildman–Crippen MR) is 62.6 cm³/mol. The zero-order valence-corrected chi connectivity index (χ0v) is 13.2. The van der Waals surface area contributed by atoms with Gasteiger partial charge in [-0.25, -0.2) is 0 Å². The number of nitrogens with zero attached hydrogens (tertiary/aromatic N) is 1. The van der Waals surface area contributed by atoms with Crippen LogP contribution in [0, 0.1) is 0 Å². The zero-order chi connectivity index (χ0) is 11.7. The molecule has 0 aliphatic carbocycles. The van der Waals surface area contributed by atoms with E-state index in [9.17, 15) is 4.79 Å². The van der Waals surface area contributed by atoms with Crippen molar-refractivity contribution >= 4 is 5.97 Å². The molecule has 0 rings (SSSR count). The number of carbonyl (C=O) groups is 1. The van der Waals surface area contributed by atoms with E-state index >= 15 is 0 Å². The Morgan fingerprint density at radius 1 is 1.12 bits per heavy atom. The fraction of sp³-hybridized carbons (Fsp3) is 0.917. The molecule has 0 aromatic rings. The molecule has 0 heterocycles. The van der Waals surface area contributed by atoms with E-state index in [0.29, 0.717) is 13.0 Å². The van der Waals surface area contributed by atoms with Crippen LogP contribution in [0.3, 0.4) is 0 Å². The summed E-state index contributed by atoms with van der Waals surface area (Å²) in [6, 6.07) is 0. The molecule has 0 aromatic heterocycles. The second kappa shape index (κ2) is 10.3. The molecular formula is C12H26INO2. The average Bonchev–Trinajstić information content (AvgIpc) is 2.11. The Bertz CT molecular complexity index is 178. The Kier molecular flexibility index (Phi) is 12.0. The highest BCUT2D eigenvalue weighted by Gasteiger charge is 2.07. The highest BCUT2D eigenvalue weighted by molar-refractivity contribution is 5.69. The summed E-state index contributed by atoms with van der Waals surface area (Å²) in [5.41, 5.74) is 0. The van der Waals surface area contributed by atoms with Crippen LogP contribution in [0.4, 0.5) is 0 Å². The highest BCUT2D eigenvalue weighted by atomic mass is 127. The maximum absolute atomic E-state index is 11.2. The summed E-state index contributed by atoms with van der Waals surface area (Å²) in [6.07, 6.45) is 4.76. The Hall–Kier alpha value is 0.160. The van der Waals surface area contributed by atoms with Gasteiger partial charge in [-0.2, -0.15) is 0 Å². The first-order valence-corrected chi connectivity index (χ1v) is 5.92. The standard InChI is InChI=1S/C12H26NO2.HI/c1-5-6-7-9-12(14)15-11-8-10-13(2,3)4;/h5-11H2,1-4H3;1H/q+1;/p-1. The summed E-state index contributed by atoms with van der Waals surface area (Å²) in [5, 5.41) is 0. The highest BCUT2D eigenvalue weighted by Crippen LogP contribution is 2.01.